The summed E-state index contributed by atoms with van der Waals surface area (Å²) in [5.41, 5.74) is 2.38. The minimum absolute atomic E-state index is 0.0138. The highest BCUT2D eigenvalue weighted by Gasteiger charge is 2.35. The van der Waals surface area contributed by atoms with E-state index < -0.39 is 5.97 Å². The predicted octanol–water partition coefficient (Wildman–Crippen LogP) is 3.60. The monoisotopic (exact) mass is 339 g/mol. The van der Waals surface area contributed by atoms with Gasteiger partial charge < -0.3 is 9.84 Å². The first kappa shape index (κ1) is 17.5. The molecule has 2 aromatic rings. The highest BCUT2D eigenvalue weighted by molar-refractivity contribution is 5.71. The van der Waals surface area contributed by atoms with Crippen LogP contribution in [0.5, 0.6) is 5.75 Å². The zero-order valence-electron chi connectivity index (χ0n) is 14.6. The van der Waals surface area contributed by atoms with Crippen LogP contribution >= 0.6 is 0 Å². The van der Waals surface area contributed by atoms with Crippen LogP contribution < -0.4 is 4.74 Å². The van der Waals surface area contributed by atoms with Gasteiger partial charge in [0.15, 0.2) is 0 Å². The summed E-state index contributed by atoms with van der Waals surface area (Å²) in [5, 5.41) is 9.71. The van der Waals surface area contributed by atoms with Crippen molar-refractivity contribution in [3.63, 3.8) is 0 Å². The molecule has 2 atom stereocenters. The van der Waals surface area contributed by atoms with Crippen LogP contribution in [0.4, 0.5) is 0 Å². The van der Waals surface area contributed by atoms with Crippen LogP contribution in [0.2, 0.25) is 0 Å². The molecule has 0 aromatic heterocycles. The van der Waals surface area contributed by atoms with E-state index in [4.69, 9.17) is 4.74 Å². The van der Waals surface area contributed by atoms with E-state index in [1.54, 1.807) is 7.11 Å². The number of likely N-dealkylation sites (tertiary alicyclic amines) is 1. The lowest BCUT2D eigenvalue weighted by Gasteiger charge is -2.40. The van der Waals surface area contributed by atoms with Gasteiger partial charge in [0, 0.05) is 12.6 Å². The zero-order chi connectivity index (χ0) is 17.6. The molecular weight excluding hydrogens is 314 g/mol. The highest BCUT2D eigenvalue weighted by atomic mass is 16.5. The first-order valence-electron chi connectivity index (χ1n) is 8.81. The third kappa shape index (κ3) is 4.40. The third-order valence-electron chi connectivity index (χ3n) is 5.04. The lowest BCUT2D eigenvalue weighted by molar-refractivity contribution is -0.146. The van der Waals surface area contributed by atoms with E-state index in [2.05, 4.69) is 17.0 Å². The van der Waals surface area contributed by atoms with Gasteiger partial charge in [0.2, 0.25) is 0 Å². The predicted molar refractivity (Wildman–Crippen MR) is 97.7 cm³/mol. The summed E-state index contributed by atoms with van der Waals surface area (Å²) >= 11 is 0. The molecule has 1 saturated heterocycles. The summed E-state index contributed by atoms with van der Waals surface area (Å²) in [7, 11) is 1.65. The molecule has 3 rings (SSSR count). The Balaban J connectivity index is 1.80. The van der Waals surface area contributed by atoms with Gasteiger partial charge in [0.05, 0.1) is 13.0 Å². The molecule has 1 fully saturated rings. The summed E-state index contributed by atoms with van der Waals surface area (Å²) in [5.74, 6) is -0.181. The number of aliphatic carboxylic acids is 1. The lowest BCUT2D eigenvalue weighted by atomic mass is 9.85. The van der Waals surface area contributed by atoms with E-state index in [0.29, 0.717) is 0 Å². The average Bonchev–Trinajstić information content (AvgIpc) is 2.64. The Hall–Kier alpha value is -2.33. The van der Waals surface area contributed by atoms with E-state index in [0.717, 1.165) is 43.7 Å². The molecule has 1 aliphatic rings. The molecule has 2 aromatic carbocycles. The van der Waals surface area contributed by atoms with Crippen molar-refractivity contribution < 1.29 is 14.6 Å². The lowest BCUT2D eigenvalue weighted by Crippen LogP contribution is -2.48. The van der Waals surface area contributed by atoms with Gasteiger partial charge in [-0.15, -0.1) is 0 Å². The molecule has 0 radical (unpaired) electrons. The molecular formula is C21H25NO3. The number of benzene rings is 2. The van der Waals surface area contributed by atoms with Crippen molar-refractivity contribution in [1.82, 2.24) is 4.90 Å². The number of hydrogen-bond donors (Lipinski definition) is 1. The second-order valence-corrected chi connectivity index (χ2v) is 6.66. The molecule has 132 valence electrons. The van der Waals surface area contributed by atoms with E-state index in [-0.39, 0.29) is 12.0 Å². The van der Waals surface area contributed by atoms with Crippen LogP contribution in [0.15, 0.2) is 54.6 Å². The molecule has 0 aliphatic carbocycles. The molecule has 0 saturated carbocycles. The van der Waals surface area contributed by atoms with Gasteiger partial charge in [-0.1, -0.05) is 42.5 Å². The molecule has 4 nitrogen and oxygen atoms in total. The number of nitrogens with zero attached hydrogens (tertiary/aromatic N) is 1. The van der Waals surface area contributed by atoms with E-state index in [9.17, 15) is 9.90 Å². The summed E-state index contributed by atoms with van der Waals surface area (Å²) in [6, 6.07) is 18.3. The van der Waals surface area contributed by atoms with Gasteiger partial charge in [-0.2, -0.15) is 0 Å². The first-order valence-corrected chi connectivity index (χ1v) is 8.81. The number of carboxylic acids is 1. The smallest absolute Gasteiger partial charge is 0.308 e. The minimum atomic E-state index is -0.684. The maximum atomic E-state index is 11.8. The number of ether oxygens (including phenoxy) is 1. The Bertz CT molecular complexity index is 684. The number of carboxylic acid groups (broad SMARTS) is 1. The van der Waals surface area contributed by atoms with Gasteiger partial charge >= 0.3 is 5.97 Å². The van der Waals surface area contributed by atoms with Gasteiger partial charge in [0.25, 0.3) is 0 Å². The van der Waals surface area contributed by atoms with Gasteiger partial charge in [0.1, 0.15) is 5.75 Å². The fourth-order valence-corrected chi connectivity index (χ4v) is 3.70. The van der Waals surface area contributed by atoms with Crippen molar-refractivity contribution >= 4 is 5.97 Å². The Kier molecular flexibility index (Phi) is 5.71. The molecule has 1 aliphatic heterocycles. The topological polar surface area (TPSA) is 49.8 Å². The molecule has 1 N–H and O–H groups in total. The maximum absolute atomic E-state index is 11.8. The van der Waals surface area contributed by atoms with Gasteiger partial charge in [-0.3, -0.25) is 9.69 Å². The number of piperidine rings is 1. The molecule has 0 bridgehead atoms. The standard InChI is InChI=1S/C21H25NO3/c1-25-18-11-9-16(10-12-18)14-20-19(21(23)24)8-5-13-22(20)15-17-6-3-2-4-7-17/h2-4,6-7,9-12,19-20H,5,8,13-15H2,1H3,(H,23,24)/t19-,20-/m1/s1. The number of rotatable bonds is 6. The summed E-state index contributed by atoms with van der Waals surface area (Å²) in [4.78, 5) is 14.1. The fourth-order valence-electron chi connectivity index (χ4n) is 3.70. The maximum Gasteiger partial charge on any atom is 0.308 e. The quantitative estimate of drug-likeness (QED) is 0.873. The van der Waals surface area contributed by atoms with Crippen LogP contribution in [-0.4, -0.2) is 35.7 Å². The molecule has 1 heterocycles. The zero-order valence-corrected chi connectivity index (χ0v) is 14.6. The Morgan fingerprint density at radius 3 is 2.48 bits per heavy atom. The van der Waals surface area contributed by atoms with Crippen LogP contribution in [0.1, 0.15) is 24.0 Å². The molecule has 0 unspecified atom stereocenters. The van der Waals surface area contributed by atoms with E-state index >= 15 is 0 Å². The fraction of sp³-hybridized carbons (Fsp3) is 0.381. The Morgan fingerprint density at radius 1 is 1.12 bits per heavy atom. The van der Waals surface area contributed by atoms with Crippen LogP contribution in [0.3, 0.4) is 0 Å². The Morgan fingerprint density at radius 2 is 1.84 bits per heavy atom. The van der Waals surface area contributed by atoms with Crippen molar-refractivity contribution in [2.45, 2.75) is 31.8 Å². The molecule has 0 amide bonds. The molecule has 25 heavy (non-hydrogen) atoms. The average molecular weight is 339 g/mol. The largest absolute Gasteiger partial charge is 0.497 e. The highest BCUT2D eigenvalue weighted by Crippen LogP contribution is 2.29. The van der Waals surface area contributed by atoms with Crippen LogP contribution in [-0.2, 0) is 17.8 Å². The first-order chi connectivity index (χ1) is 12.2. The van der Waals surface area contributed by atoms with Crippen molar-refractivity contribution in [3.8, 4) is 5.75 Å². The molecule has 0 spiro atoms. The SMILES string of the molecule is COc1ccc(C[C@@H]2[C@H](C(=O)O)CCCN2Cc2ccccc2)cc1. The second-order valence-electron chi connectivity index (χ2n) is 6.66. The number of carbonyl (C=O) groups is 1. The van der Waals surface area contributed by atoms with Crippen molar-refractivity contribution in [2.24, 2.45) is 5.92 Å². The number of methoxy groups -OCH3 is 1. The van der Waals surface area contributed by atoms with E-state index in [1.807, 2.05) is 42.5 Å². The van der Waals surface area contributed by atoms with Crippen molar-refractivity contribution in [2.75, 3.05) is 13.7 Å². The second kappa shape index (κ2) is 8.17. The van der Waals surface area contributed by atoms with Crippen LogP contribution in [0, 0.1) is 5.92 Å². The van der Waals surface area contributed by atoms with Crippen molar-refractivity contribution in [3.05, 3.63) is 65.7 Å². The Labute approximate surface area is 149 Å². The number of hydrogen-bond acceptors (Lipinski definition) is 3. The molecule has 4 heteroatoms. The summed E-state index contributed by atoms with van der Waals surface area (Å²) in [6.07, 6.45) is 2.43. The normalized spacial score (nSPS) is 21.0. The summed E-state index contributed by atoms with van der Waals surface area (Å²) in [6.45, 7) is 1.74. The van der Waals surface area contributed by atoms with Crippen LogP contribution in [0.25, 0.3) is 0 Å². The van der Waals surface area contributed by atoms with Crippen molar-refractivity contribution in [1.29, 1.82) is 0 Å². The van der Waals surface area contributed by atoms with E-state index in [1.165, 1.54) is 5.56 Å². The summed E-state index contributed by atoms with van der Waals surface area (Å²) < 4.78 is 5.21. The third-order valence-corrected chi connectivity index (χ3v) is 5.04. The van der Waals surface area contributed by atoms with Gasteiger partial charge in [-0.05, 0) is 49.1 Å². The van der Waals surface area contributed by atoms with Gasteiger partial charge in [-0.25, -0.2) is 0 Å². The minimum Gasteiger partial charge on any atom is -0.497 e.